The Bertz CT molecular complexity index is 707. The molecule has 0 fully saturated rings. The Labute approximate surface area is 130 Å². The fraction of sp³-hybridized carbons (Fsp3) is 0. The van der Waals surface area contributed by atoms with Gasteiger partial charge in [0.25, 0.3) is 0 Å². The average molecular weight is 284 g/mol. The van der Waals surface area contributed by atoms with Crippen molar-refractivity contribution in [3.63, 3.8) is 0 Å². The van der Waals surface area contributed by atoms with Gasteiger partial charge < -0.3 is 0 Å². The van der Waals surface area contributed by atoms with Crippen molar-refractivity contribution >= 4 is 24.3 Å². The largest absolute Gasteiger partial charge is 0.257 e. The van der Waals surface area contributed by atoms with Crippen LogP contribution in [0.1, 0.15) is 22.5 Å². The Kier molecular flexibility index (Phi) is 4.53. The van der Waals surface area contributed by atoms with Crippen LogP contribution in [-0.2, 0) is 0 Å². The maximum Gasteiger partial charge on any atom is 0.0629 e. The monoisotopic (exact) mass is 284 g/mol. The lowest BCUT2D eigenvalue weighted by molar-refractivity contribution is 1.30. The second-order valence-electron chi connectivity index (χ2n) is 4.80. The molecule has 0 amide bonds. The molecule has 1 aromatic carbocycles. The zero-order valence-electron chi connectivity index (χ0n) is 12.1. The Morgan fingerprint density at radius 2 is 0.955 bits per heavy atom. The van der Waals surface area contributed by atoms with E-state index in [0.717, 1.165) is 22.5 Å². The number of rotatable bonds is 4. The van der Waals surface area contributed by atoms with Crippen LogP contribution in [0.2, 0.25) is 0 Å². The van der Waals surface area contributed by atoms with Gasteiger partial charge in [-0.1, -0.05) is 48.6 Å². The number of hydrogen-bond acceptors (Lipinski definition) is 2. The highest BCUT2D eigenvalue weighted by atomic mass is 14.7. The summed E-state index contributed by atoms with van der Waals surface area (Å²) in [6.07, 6.45) is 11.8. The molecule has 2 heterocycles. The summed E-state index contributed by atoms with van der Waals surface area (Å²) in [5.41, 5.74) is 4.21. The number of hydrogen-bond donors (Lipinski definition) is 0. The van der Waals surface area contributed by atoms with Gasteiger partial charge in [0.2, 0.25) is 0 Å². The summed E-state index contributed by atoms with van der Waals surface area (Å²) in [6, 6.07) is 20.0. The van der Waals surface area contributed by atoms with Crippen molar-refractivity contribution in [1.82, 2.24) is 9.97 Å². The molecule has 0 spiro atoms. The van der Waals surface area contributed by atoms with E-state index >= 15 is 0 Å². The number of pyridine rings is 2. The fourth-order valence-corrected chi connectivity index (χ4v) is 2.11. The van der Waals surface area contributed by atoms with Gasteiger partial charge in [0, 0.05) is 12.4 Å². The Morgan fingerprint density at radius 1 is 0.500 bits per heavy atom. The molecule has 0 radical (unpaired) electrons. The van der Waals surface area contributed by atoms with Crippen molar-refractivity contribution in [2.75, 3.05) is 0 Å². The molecule has 22 heavy (non-hydrogen) atoms. The molecule has 0 atom stereocenters. The summed E-state index contributed by atoms with van der Waals surface area (Å²) in [5.74, 6) is 0. The van der Waals surface area contributed by atoms with Crippen molar-refractivity contribution in [1.29, 1.82) is 0 Å². The van der Waals surface area contributed by atoms with E-state index in [1.165, 1.54) is 0 Å². The van der Waals surface area contributed by atoms with Crippen molar-refractivity contribution in [3.05, 3.63) is 95.6 Å². The first kappa shape index (κ1) is 14.0. The normalized spacial score (nSPS) is 11.3. The highest BCUT2D eigenvalue weighted by molar-refractivity contribution is 5.78. The van der Waals surface area contributed by atoms with E-state index in [0.29, 0.717) is 0 Å². The number of benzene rings is 1. The first-order valence-electron chi connectivity index (χ1n) is 7.19. The van der Waals surface area contributed by atoms with Crippen molar-refractivity contribution in [2.45, 2.75) is 0 Å². The molecule has 0 saturated heterocycles. The molecule has 0 aliphatic rings. The zero-order valence-corrected chi connectivity index (χ0v) is 12.1. The highest BCUT2D eigenvalue weighted by Gasteiger charge is 1.95. The molecule has 0 N–H and O–H groups in total. The summed E-state index contributed by atoms with van der Waals surface area (Å²) in [4.78, 5) is 8.60. The molecule has 2 nitrogen and oxygen atoms in total. The van der Waals surface area contributed by atoms with Gasteiger partial charge in [-0.3, -0.25) is 9.97 Å². The van der Waals surface area contributed by atoms with Crippen molar-refractivity contribution in [2.24, 2.45) is 0 Å². The minimum absolute atomic E-state index is 0.950. The van der Waals surface area contributed by atoms with Crippen LogP contribution in [0.3, 0.4) is 0 Å². The van der Waals surface area contributed by atoms with E-state index in [1.54, 1.807) is 12.4 Å². The molecule has 0 aliphatic carbocycles. The molecule has 2 heteroatoms. The summed E-state index contributed by atoms with van der Waals surface area (Å²) >= 11 is 0. The maximum absolute atomic E-state index is 4.30. The van der Waals surface area contributed by atoms with Crippen molar-refractivity contribution in [3.8, 4) is 0 Å². The third-order valence-corrected chi connectivity index (χ3v) is 3.24. The van der Waals surface area contributed by atoms with Crippen LogP contribution in [0.15, 0.2) is 73.1 Å². The summed E-state index contributed by atoms with van der Waals surface area (Å²) in [7, 11) is 0. The standard InChI is InChI=1S/C20H16N2/c1-2-8-18(12-14-20-10-4-6-16-22-20)17(7-1)11-13-19-9-3-5-15-21-19/h1-16H/b13-11+,14-12+. The molecule has 0 saturated carbocycles. The lowest BCUT2D eigenvalue weighted by atomic mass is 10.1. The molecule has 3 aromatic rings. The maximum atomic E-state index is 4.30. The van der Waals surface area contributed by atoms with Gasteiger partial charge in [0.1, 0.15) is 0 Å². The predicted octanol–water partition coefficient (Wildman–Crippen LogP) is 4.82. The molecule has 0 bridgehead atoms. The molecule has 2 aromatic heterocycles. The van der Waals surface area contributed by atoms with E-state index in [-0.39, 0.29) is 0 Å². The van der Waals surface area contributed by atoms with Crippen molar-refractivity contribution < 1.29 is 0 Å². The lowest BCUT2D eigenvalue weighted by Gasteiger charge is -2.00. The van der Waals surface area contributed by atoms with Crippen LogP contribution >= 0.6 is 0 Å². The quantitative estimate of drug-likeness (QED) is 0.686. The van der Waals surface area contributed by atoms with E-state index in [2.05, 4.69) is 34.3 Å². The fourth-order valence-electron chi connectivity index (χ4n) is 2.11. The summed E-state index contributed by atoms with van der Waals surface area (Å²) in [5, 5.41) is 0. The van der Waals surface area contributed by atoms with Gasteiger partial charge in [-0.25, -0.2) is 0 Å². The van der Waals surface area contributed by atoms with E-state index in [1.807, 2.05) is 60.7 Å². The molecule has 106 valence electrons. The van der Waals surface area contributed by atoms with Gasteiger partial charge >= 0.3 is 0 Å². The Balaban J connectivity index is 1.84. The topological polar surface area (TPSA) is 25.8 Å². The molecular formula is C20H16N2. The third kappa shape index (κ3) is 3.76. The molecule has 0 aliphatic heterocycles. The summed E-state index contributed by atoms with van der Waals surface area (Å²) < 4.78 is 0. The lowest BCUT2D eigenvalue weighted by Crippen LogP contribution is -1.82. The predicted molar refractivity (Wildman–Crippen MR) is 92.8 cm³/mol. The smallest absolute Gasteiger partial charge is 0.0629 e. The molecular weight excluding hydrogens is 268 g/mol. The zero-order chi connectivity index (χ0) is 15.0. The van der Waals surface area contributed by atoms with Crippen LogP contribution in [0.4, 0.5) is 0 Å². The average Bonchev–Trinajstić information content (AvgIpc) is 2.61. The number of nitrogens with zero attached hydrogens (tertiary/aromatic N) is 2. The first-order chi connectivity index (χ1) is 10.9. The van der Waals surface area contributed by atoms with Gasteiger partial charge in [0.05, 0.1) is 11.4 Å². The Morgan fingerprint density at radius 3 is 1.36 bits per heavy atom. The molecule has 0 unspecified atom stereocenters. The van der Waals surface area contributed by atoms with E-state index in [9.17, 15) is 0 Å². The van der Waals surface area contributed by atoms with Crippen LogP contribution in [-0.4, -0.2) is 9.97 Å². The van der Waals surface area contributed by atoms with Gasteiger partial charge in [-0.15, -0.1) is 0 Å². The molecule has 3 rings (SSSR count). The highest BCUT2D eigenvalue weighted by Crippen LogP contribution is 2.15. The Hall–Kier alpha value is -3.00. The summed E-state index contributed by atoms with van der Waals surface area (Å²) in [6.45, 7) is 0. The SMILES string of the molecule is C(=C\c1ccccc1/C=C/c1ccccn1)/c1ccccn1. The minimum Gasteiger partial charge on any atom is -0.257 e. The minimum atomic E-state index is 0.950. The van der Waals surface area contributed by atoms with Gasteiger partial charge in [-0.05, 0) is 47.5 Å². The van der Waals surface area contributed by atoms with E-state index < -0.39 is 0 Å². The number of aromatic nitrogens is 2. The van der Waals surface area contributed by atoms with Crippen LogP contribution < -0.4 is 0 Å². The van der Waals surface area contributed by atoms with Gasteiger partial charge in [0.15, 0.2) is 0 Å². The van der Waals surface area contributed by atoms with Gasteiger partial charge in [-0.2, -0.15) is 0 Å². The van der Waals surface area contributed by atoms with E-state index in [4.69, 9.17) is 0 Å². The second kappa shape index (κ2) is 7.14. The first-order valence-corrected chi connectivity index (χ1v) is 7.19. The third-order valence-electron chi connectivity index (χ3n) is 3.24. The second-order valence-corrected chi connectivity index (χ2v) is 4.80. The van der Waals surface area contributed by atoms with Crippen LogP contribution in [0.5, 0.6) is 0 Å². The van der Waals surface area contributed by atoms with Crippen LogP contribution in [0, 0.1) is 0 Å². The van der Waals surface area contributed by atoms with Crippen LogP contribution in [0.25, 0.3) is 24.3 Å².